The molecule has 0 aliphatic rings. The number of halogens is 3. The lowest BCUT2D eigenvalue weighted by molar-refractivity contribution is -0.141. The summed E-state index contributed by atoms with van der Waals surface area (Å²) in [6.07, 6.45) is -3.61. The van der Waals surface area contributed by atoms with E-state index in [0.29, 0.717) is 17.2 Å². The monoisotopic (exact) mass is 459 g/mol. The third kappa shape index (κ3) is 6.09. The summed E-state index contributed by atoms with van der Waals surface area (Å²) in [6.45, 7) is 5.85. The normalized spacial score (nSPS) is 13.4. The molecule has 1 amide bonds. The maximum Gasteiger partial charge on any atom is 0.433 e. The van der Waals surface area contributed by atoms with Crippen molar-refractivity contribution >= 4 is 23.4 Å². The fourth-order valence-corrected chi connectivity index (χ4v) is 3.75. The molecule has 4 nitrogen and oxygen atoms in total. The number of rotatable bonds is 7. The van der Waals surface area contributed by atoms with E-state index in [1.807, 2.05) is 24.3 Å². The van der Waals surface area contributed by atoms with Crippen LogP contribution in [0.5, 0.6) is 0 Å². The molecule has 0 bridgehead atoms. The minimum Gasteiger partial charge on any atom is -0.325 e. The van der Waals surface area contributed by atoms with Crippen LogP contribution in [0.15, 0.2) is 65.8 Å². The highest BCUT2D eigenvalue weighted by molar-refractivity contribution is 8.00. The van der Waals surface area contributed by atoms with Gasteiger partial charge in [0, 0.05) is 11.3 Å². The van der Waals surface area contributed by atoms with Gasteiger partial charge in [0.2, 0.25) is 5.91 Å². The Kier molecular flexibility index (Phi) is 7.56. The van der Waals surface area contributed by atoms with Crippen LogP contribution in [0.3, 0.4) is 0 Å². The average Bonchev–Trinajstić information content (AvgIpc) is 2.78. The first-order valence-electron chi connectivity index (χ1n) is 10.3. The summed E-state index contributed by atoms with van der Waals surface area (Å²) < 4.78 is 40.1. The molecule has 1 heterocycles. The molecule has 2 atom stereocenters. The van der Waals surface area contributed by atoms with Gasteiger partial charge in [0.05, 0.1) is 10.9 Å². The molecular weight excluding hydrogens is 435 g/mol. The number of anilines is 1. The van der Waals surface area contributed by atoms with E-state index in [0.717, 1.165) is 24.2 Å². The van der Waals surface area contributed by atoms with Gasteiger partial charge in [-0.2, -0.15) is 13.2 Å². The van der Waals surface area contributed by atoms with E-state index >= 15 is 0 Å². The van der Waals surface area contributed by atoms with Crippen molar-refractivity contribution in [2.45, 2.75) is 49.7 Å². The summed E-state index contributed by atoms with van der Waals surface area (Å²) in [7, 11) is 0. The number of nitrogens with zero attached hydrogens (tertiary/aromatic N) is 2. The third-order valence-electron chi connectivity index (χ3n) is 5.08. The zero-order chi connectivity index (χ0) is 23.3. The number of hydrogen-bond acceptors (Lipinski definition) is 4. The van der Waals surface area contributed by atoms with E-state index in [-0.39, 0.29) is 16.8 Å². The molecule has 2 aromatic carbocycles. The lowest BCUT2D eigenvalue weighted by Gasteiger charge is -2.14. The minimum absolute atomic E-state index is 0.103. The number of carbonyl (C=O) groups is 1. The van der Waals surface area contributed by atoms with Crippen LogP contribution < -0.4 is 5.32 Å². The number of aromatic nitrogens is 2. The van der Waals surface area contributed by atoms with Gasteiger partial charge in [-0.25, -0.2) is 9.97 Å². The third-order valence-corrected chi connectivity index (χ3v) is 6.04. The summed E-state index contributed by atoms with van der Waals surface area (Å²) in [4.78, 5) is 20.5. The maximum atomic E-state index is 13.4. The molecule has 1 aromatic heterocycles. The molecule has 3 aromatic rings. The maximum absolute atomic E-state index is 13.4. The van der Waals surface area contributed by atoms with Gasteiger partial charge in [-0.1, -0.05) is 68.1 Å². The van der Waals surface area contributed by atoms with E-state index < -0.39 is 17.1 Å². The Labute approximate surface area is 189 Å². The van der Waals surface area contributed by atoms with Crippen LogP contribution in [0, 0.1) is 0 Å². The van der Waals surface area contributed by atoms with Crippen LogP contribution >= 0.6 is 11.8 Å². The van der Waals surface area contributed by atoms with Crippen LogP contribution in [0.1, 0.15) is 44.4 Å². The number of benzene rings is 2. The number of hydrogen-bond donors (Lipinski definition) is 1. The molecule has 0 unspecified atom stereocenters. The lowest BCUT2D eigenvalue weighted by atomic mass is 9.99. The molecule has 32 heavy (non-hydrogen) atoms. The smallest absolute Gasteiger partial charge is 0.325 e. The Balaban J connectivity index is 1.77. The molecule has 0 aliphatic heterocycles. The van der Waals surface area contributed by atoms with E-state index in [9.17, 15) is 18.0 Å². The summed E-state index contributed by atoms with van der Waals surface area (Å²) in [5.74, 6) is 0.0830. The van der Waals surface area contributed by atoms with E-state index in [2.05, 4.69) is 29.1 Å². The second kappa shape index (κ2) is 10.2. The largest absolute Gasteiger partial charge is 0.433 e. The highest BCUT2D eigenvalue weighted by Gasteiger charge is 2.34. The summed E-state index contributed by atoms with van der Waals surface area (Å²) in [6, 6.07) is 17.1. The van der Waals surface area contributed by atoms with Crippen molar-refractivity contribution < 1.29 is 18.0 Å². The predicted molar refractivity (Wildman–Crippen MR) is 122 cm³/mol. The van der Waals surface area contributed by atoms with Crippen LogP contribution in [0.25, 0.3) is 11.3 Å². The van der Waals surface area contributed by atoms with Gasteiger partial charge in [0.25, 0.3) is 0 Å². The van der Waals surface area contributed by atoms with Crippen molar-refractivity contribution in [2.75, 3.05) is 5.32 Å². The molecular formula is C24H24F3N3OS. The molecule has 0 spiro atoms. The lowest BCUT2D eigenvalue weighted by Crippen LogP contribution is -2.23. The number of thioether (sulfide) groups is 1. The van der Waals surface area contributed by atoms with E-state index in [1.165, 1.54) is 5.56 Å². The van der Waals surface area contributed by atoms with Crippen molar-refractivity contribution in [1.82, 2.24) is 9.97 Å². The van der Waals surface area contributed by atoms with Gasteiger partial charge < -0.3 is 5.32 Å². The molecule has 0 saturated heterocycles. The molecule has 0 aliphatic carbocycles. The summed E-state index contributed by atoms with van der Waals surface area (Å²) >= 11 is 0.887. The Morgan fingerprint density at radius 1 is 1.03 bits per heavy atom. The number of carbonyl (C=O) groups excluding carboxylic acids is 1. The second-order valence-electron chi connectivity index (χ2n) is 7.47. The van der Waals surface area contributed by atoms with Gasteiger partial charge in [0.15, 0.2) is 5.16 Å². The highest BCUT2D eigenvalue weighted by atomic mass is 32.2. The topological polar surface area (TPSA) is 54.9 Å². The van der Waals surface area contributed by atoms with Gasteiger partial charge >= 0.3 is 6.18 Å². The molecule has 8 heteroatoms. The van der Waals surface area contributed by atoms with Gasteiger partial charge in [-0.15, -0.1) is 0 Å². The molecule has 168 valence electrons. The first-order valence-corrected chi connectivity index (χ1v) is 11.1. The van der Waals surface area contributed by atoms with Crippen LogP contribution in [0.4, 0.5) is 18.9 Å². The Bertz CT molecular complexity index is 1060. The summed E-state index contributed by atoms with van der Waals surface area (Å²) in [5, 5.41) is 2.00. The van der Waals surface area contributed by atoms with Crippen molar-refractivity contribution in [3.05, 3.63) is 71.9 Å². The average molecular weight is 460 g/mol. The Hall–Kier alpha value is -2.87. The zero-order valence-electron chi connectivity index (χ0n) is 18.0. The molecule has 0 fully saturated rings. The Morgan fingerprint density at radius 3 is 2.28 bits per heavy atom. The summed E-state index contributed by atoms with van der Waals surface area (Å²) in [5.41, 5.74) is 1.47. The first kappa shape index (κ1) is 23.8. The number of amides is 1. The van der Waals surface area contributed by atoms with Gasteiger partial charge in [0.1, 0.15) is 5.69 Å². The molecule has 3 rings (SSSR count). The quantitative estimate of drug-likeness (QED) is 0.312. The fraction of sp³-hybridized carbons (Fsp3) is 0.292. The van der Waals surface area contributed by atoms with Crippen LogP contribution in [-0.2, 0) is 11.0 Å². The zero-order valence-corrected chi connectivity index (χ0v) is 18.8. The van der Waals surface area contributed by atoms with Crippen molar-refractivity contribution in [1.29, 1.82) is 0 Å². The number of alkyl halides is 3. The standard InChI is InChI=1S/C24H24F3N3OS/c1-4-15(2)17-10-12-19(13-11-17)28-22(31)16(3)32-23-29-20(18-8-6-5-7-9-18)14-21(30-23)24(25,26)27/h5-16H,4H2,1-3H3,(H,28,31)/t15-,16-/m1/s1. The van der Waals surface area contributed by atoms with Gasteiger partial charge in [-0.3, -0.25) is 4.79 Å². The SMILES string of the molecule is CC[C@@H](C)c1ccc(NC(=O)[C@@H](C)Sc2nc(-c3ccccc3)cc(C(F)(F)F)n2)cc1. The number of nitrogens with one attached hydrogen (secondary N) is 1. The molecule has 0 saturated carbocycles. The first-order chi connectivity index (χ1) is 15.2. The van der Waals surface area contributed by atoms with Crippen molar-refractivity contribution in [3.8, 4) is 11.3 Å². The Morgan fingerprint density at radius 2 is 1.69 bits per heavy atom. The fourth-order valence-electron chi connectivity index (χ4n) is 2.97. The minimum atomic E-state index is -4.62. The predicted octanol–water partition coefficient (Wildman–Crippen LogP) is 6.80. The van der Waals surface area contributed by atoms with Crippen LogP contribution in [0.2, 0.25) is 0 Å². The molecule has 1 N–H and O–H groups in total. The second-order valence-corrected chi connectivity index (χ2v) is 8.77. The van der Waals surface area contributed by atoms with Crippen molar-refractivity contribution in [2.24, 2.45) is 0 Å². The molecule has 0 radical (unpaired) electrons. The van der Waals surface area contributed by atoms with Gasteiger partial charge in [-0.05, 0) is 43.0 Å². The highest BCUT2D eigenvalue weighted by Crippen LogP contribution is 2.33. The van der Waals surface area contributed by atoms with Crippen LogP contribution in [-0.4, -0.2) is 21.1 Å². The van der Waals surface area contributed by atoms with E-state index in [1.54, 1.807) is 37.3 Å². The van der Waals surface area contributed by atoms with E-state index in [4.69, 9.17) is 0 Å². The van der Waals surface area contributed by atoms with Crippen molar-refractivity contribution in [3.63, 3.8) is 0 Å².